The van der Waals surface area contributed by atoms with Gasteiger partial charge < -0.3 is 9.80 Å². The summed E-state index contributed by atoms with van der Waals surface area (Å²) in [6.07, 6.45) is 13.7. The van der Waals surface area contributed by atoms with E-state index in [1.165, 1.54) is 86.7 Å². The van der Waals surface area contributed by atoms with E-state index in [4.69, 9.17) is 0 Å². The molecule has 7 aliphatic rings. The van der Waals surface area contributed by atoms with Crippen LogP contribution in [0, 0.1) is 25.7 Å². The fourth-order valence-corrected chi connectivity index (χ4v) is 13.0. The SMILES string of the molecule is Cc1ccc2c3c1C1(C)CCCCC1(C)N3c1cccc3c1B2c1ccc(C)c2c1N3C1(C)CC3CCCCC3CC21C. The van der Waals surface area contributed by atoms with Crippen molar-refractivity contribution in [3.05, 3.63) is 64.7 Å². The summed E-state index contributed by atoms with van der Waals surface area (Å²) >= 11 is 0. The van der Waals surface area contributed by atoms with Crippen LogP contribution in [-0.4, -0.2) is 17.8 Å². The monoisotopic (exact) mass is 566 g/mol. The summed E-state index contributed by atoms with van der Waals surface area (Å²) < 4.78 is 0. The molecule has 3 fully saturated rings. The molecule has 3 aromatic rings. The van der Waals surface area contributed by atoms with Crippen LogP contribution in [0.2, 0.25) is 0 Å². The summed E-state index contributed by atoms with van der Waals surface area (Å²) in [5, 5.41) is 0. The van der Waals surface area contributed by atoms with E-state index >= 15 is 0 Å². The van der Waals surface area contributed by atoms with Crippen molar-refractivity contribution in [2.45, 2.75) is 128 Å². The molecule has 4 heterocycles. The molecular weight excluding hydrogens is 519 g/mol. The molecule has 10 rings (SSSR count). The van der Waals surface area contributed by atoms with Crippen molar-refractivity contribution in [1.82, 2.24) is 0 Å². The molecule has 0 amide bonds. The van der Waals surface area contributed by atoms with Crippen LogP contribution in [0.4, 0.5) is 22.7 Å². The maximum Gasteiger partial charge on any atom is 0.252 e. The Labute approximate surface area is 259 Å². The van der Waals surface area contributed by atoms with Crippen molar-refractivity contribution >= 4 is 45.9 Å². The molecule has 2 nitrogen and oxygen atoms in total. The molecule has 220 valence electrons. The number of aryl methyl sites for hydroxylation is 2. The standard InChI is InChI=1S/C40H47BN2/c1-24-16-18-28-35-32(24)37(3)20-9-10-21-39(37,5)42(35)30-14-11-15-31-34(30)41(28)29-19-17-25(2)33-36(29)43(31)40(6)23-27-13-8-7-12-26(27)22-38(33,40)4/h11,14-19,26-27H,7-10,12-13,20-23H2,1-6H3. The third-order valence-corrected chi connectivity index (χ3v) is 15.2. The van der Waals surface area contributed by atoms with Crippen molar-refractivity contribution in [2.75, 3.05) is 9.80 Å². The third kappa shape index (κ3) is 2.59. The predicted molar refractivity (Wildman–Crippen MR) is 182 cm³/mol. The Bertz CT molecular complexity index is 1770. The van der Waals surface area contributed by atoms with E-state index in [0.29, 0.717) is 6.71 Å². The van der Waals surface area contributed by atoms with Gasteiger partial charge in [-0.05, 0) is 116 Å². The van der Waals surface area contributed by atoms with Crippen molar-refractivity contribution in [3.8, 4) is 0 Å². The van der Waals surface area contributed by atoms with Gasteiger partial charge >= 0.3 is 0 Å². The zero-order valence-electron chi connectivity index (χ0n) is 27.2. The summed E-state index contributed by atoms with van der Waals surface area (Å²) in [5.41, 5.74) is 17.8. The average Bonchev–Trinajstić information content (AvgIpc) is 3.34. The molecule has 3 aromatic carbocycles. The summed E-state index contributed by atoms with van der Waals surface area (Å²) in [7, 11) is 0. The Morgan fingerprint density at radius 1 is 0.628 bits per heavy atom. The molecule has 3 heteroatoms. The highest BCUT2D eigenvalue weighted by Gasteiger charge is 2.66. The number of hydrogen-bond acceptors (Lipinski definition) is 2. The lowest BCUT2D eigenvalue weighted by Gasteiger charge is -2.57. The highest BCUT2D eigenvalue weighted by molar-refractivity contribution is 7.00. The number of nitrogens with zero attached hydrogens (tertiary/aromatic N) is 2. The summed E-state index contributed by atoms with van der Waals surface area (Å²) in [6, 6.07) is 17.5. The molecule has 3 aliphatic carbocycles. The van der Waals surface area contributed by atoms with Gasteiger partial charge in [-0.3, -0.25) is 0 Å². The van der Waals surface area contributed by atoms with Gasteiger partial charge in [0.2, 0.25) is 0 Å². The minimum atomic E-state index is 0.0990. The average molecular weight is 567 g/mol. The first kappa shape index (κ1) is 25.6. The molecule has 0 bridgehead atoms. The minimum Gasteiger partial charge on any atom is -0.335 e. The third-order valence-electron chi connectivity index (χ3n) is 15.2. The molecule has 0 spiro atoms. The summed E-state index contributed by atoms with van der Waals surface area (Å²) in [4.78, 5) is 5.85. The zero-order chi connectivity index (χ0) is 29.3. The van der Waals surface area contributed by atoms with E-state index in [9.17, 15) is 0 Å². The molecule has 0 aromatic heterocycles. The first-order valence-corrected chi connectivity index (χ1v) is 17.7. The van der Waals surface area contributed by atoms with Crippen LogP contribution >= 0.6 is 0 Å². The molecule has 0 saturated heterocycles. The normalized spacial score (nSPS) is 37.3. The number of benzene rings is 3. The lowest BCUT2D eigenvalue weighted by molar-refractivity contribution is 0.0579. The van der Waals surface area contributed by atoms with Crippen molar-refractivity contribution in [1.29, 1.82) is 0 Å². The molecule has 6 atom stereocenters. The van der Waals surface area contributed by atoms with Gasteiger partial charge in [0.05, 0.1) is 11.1 Å². The Morgan fingerprint density at radius 2 is 1.19 bits per heavy atom. The second kappa shape index (κ2) is 7.75. The van der Waals surface area contributed by atoms with Crippen molar-refractivity contribution < 1.29 is 0 Å². The Balaban J connectivity index is 1.30. The van der Waals surface area contributed by atoms with E-state index in [1.54, 1.807) is 38.9 Å². The van der Waals surface area contributed by atoms with Crippen LogP contribution in [-0.2, 0) is 10.8 Å². The van der Waals surface area contributed by atoms with E-state index in [-0.39, 0.29) is 21.9 Å². The van der Waals surface area contributed by atoms with Crippen LogP contribution in [0.5, 0.6) is 0 Å². The van der Waals surface area contributed by atoms with Crippen LogP contribution in [0.25, 0.3) is 0 Å². The van der Waals surface area contributed by atoms with E-state index < -0.39 is 0 Å². The van der Waals surface area contributed by atoms with Gasteiger partial charge in [-0.15, -0.1) is 0 Å². The number of anilines is 4. The summed E-state index contributed by atoms with van der Waals surface area (Å²) in [5.74, 6) is 1.76. The first-order valence-electron chi connectivity index (χ1n) is 17.7. The van der Waals surface area contributed by atoms with Gasteiger partial charge in [-0.2, -0.15) is 0 Å². The molecule has 6 unspecified atom stereocenters. The lowest BCUT2D eigenvalue weighted by atomic mass is 9.33. The van der Waals surface area contributed by atoms with Crippen molar-refractivity contribution in [3.63, 3.8) is 0 Å². The molecule has 4 aliphatic heterocycles. The number of rotatable bonds is 0. The lowest BCUT2D eigenvalue weighted by Crippen LogP contribution is -2.67. The minimum absolute atomic E-state index is 0.0990. The fourth-order valence-electron chi connectivity index (χ4n) is 13.0. The Kier molecular flexibility index (Phi) is 4.62. The largest absolute Gasteiger partial charge is 0.335 e. The number of hydrogen-bond donors (Lipinski definition) is 0. The smallest absolute Gasteiger partial charge is 0.252 e. The van der Waals surface area contributed by atoms with Crippen LogP contribution < -0.4 is 26.2 Å². The highest BCUT2D eigenvalue weighted by Crippen LogP contribution is 2.67. The first-order chi connectivity index (χ1) is 20.6. The molecule has 43 heavy (non-hydrogen) atoms. The maximum atomic E-state index is 2.95. The van der Waals surface area contributed by atoms with Crippen LogP contribution in [0.3, 0.4) is 0 Å². The van der Waals surface area contributed by atoms with E-state index in [2.05, 4.69) is 93.8 Å². The fraction of sp³-hybridized carbons (Fsp3) is 0.550. The van der Waals surface area contributed by atoms with Crippen molar-refractivity contribution in [2.24, 2.45) is 11.8 Å². The number of fused-ring (bicyclic) bond motifs is 11. The molecule has 0 N–H and O–H groups in total. The molecule has 0 radical (unpaired) electrons. The quantitative estimate of drug-likeness (QED) is 0.255. The molecule has 3 saturated carbocycles. The van der Waals surface area contributed by atoms with Gasteiger partial charge in [0.1, 0.15) is 0 Å². The Hall–Kier alpha value is -2.68. The van der Waals surface area contributed by atoms with E-state index in [1.807, 2.05) is 0 Å². The van der Waals surface area contributed by atoms with Gasteiger partial charge in [0.15, 0.2) is 0 Å². The topological polar surface area (TPSA) is 6.48 Å². The van der Waals surface area contributed by atoms with Gasteiger partial charge in [-0.25, -0.2) is 0 Å². The Morgan fingerprint density at radius 3 is 1.84 bits per heavy atom. The molecular formula is C40H47BN2. The van der Waals surface area contributed by atoms with Crippen LogP contribution in [0.15, 0.2) is 42.5 Å². The highest BCUT2D eigenvalue weighted by atomic mass is 15.3. The van der Waals surface area contributed by atoms with Gasteiger partial charge in [-0.1, -0.05) is 82.7 Å². The second-order valence-corrected chi connectivity index (χ2v) is 16.8. The van der Waals surface area contributed by atoms with Gasteiger partial charge in [0.25, 0.3) is 6.71 Å². The van der Waals surface area contributed by atoms with Crippen LogP contribution in [0.1, 0.15) is 114 Å². The van der Waals surface area contributed by atoms with E-state index in [0.717, 1.165) is 11.8 Å². The summed E-state index contributed by atoms with van der Waals surface area (Å²) in [6.45, 7) is 15.7. The predicted octanol–water partition coefficient (Wildman–Crippen LogP) is 7.96. The van der Waals surface area contributed by atoms with Gasteiger partial charge in [0, 0.05) is 33.6 Å². The zero-order valence-corrected chi connectivity index (χ0v) is 27.2. The second-order valence-electron chi connectivity index (χ2n) is 16.8. The maximum absolute atomic E-state index is 2.95.